The number of ether oxygens (including phenoxy) is 1. The van der Waals surface area contributed by atoms with Crippen molar-refractivity contribution in [2.45, 2.75) is 32.4 Å². The molecule has 0 bridgehead atoms. The average molecular weight is 269 g/mol. The van der Waals surface area contributed by atoms with Crippen LogP contribution in [0.25, 0.3) is 0 Å². The fourth-order valence-corrected chi connectivity index (χ4v) is 2.20. The second kappa shape index (κ2) is 7.71. The predicted molar refractivity (Wildman–Crippen MR) is 84.1 cm³/mol. The Bertz CT molecular complexity index is 489. The Balaban J connectivity index is 1.88. The number of benzene rings is 2. The molecule has 1 atom stereocenters. The number of hydrogen-bond donors (Lipinski definition) is 1. The molecular weight excluding hydrogens is 246 g/mol. The molecule has 0 aliphatic rings. The summed E-state index contributed by atoms with van der Waals surface area (Å²) in [4.78, 5) is 0. The SMILES string of the molecule is CC[C@H](Cc1ccc(OCc2ccccc2)cc1)NC. The second-order valence-electron chi connectivity index (χ2n) is 5.02. The summed E-state index contributed by atoms with van der Waals surface area (Å²) in [5, 5.41) is 3.33. The van der Waals surface area contributed by atoms with Gasteiger partial charge in [0, 0.05) is 6.04 Å². The van der Waals surface area contributed by atoms with Crippen LogP contribution in [0.15, 0.2) is 54.6 Å². The molecule has 0 fully saturated rings. The predicted octanol–water partition coefficient (Wildman–Crippen LogP) is 3.81. The van der Waals surface area contributed by atoms with E-state index >= 15 is 0 Å². The summed E-state index contributed by atoms with van der Waals surface area (Å²) in [5.41, 5.74) is 2.54. The van der Waals surface area contributed by atoms with Crippen molar-refractivity contribution in [3.05, 3.63) is 65.7 Å². The van der Waals surface area contributed by atoms with Crippen molar-refractivity contribution in [3.63, 3.8) is 0 Å². The maximum Gasteiger partial charge on any atom is 0.119 e. The van der Waals surface area contributed by atoms with E-state index in [1.165, 1.54) is 11.1 Å². The van der Waals surface area contributed by atoms with Gasteiger partial charge in [0.2, 0.25) is 0 Å². The van der Waals surface area contributed by atoms with Crippen LogP contribution in [0, 0.1) is 0 Å². The minimum absolute atomic E-state index is 0.547. The normalized spacial score (nSPS) is 12.1. The molecule has 0 spiro atoms. The average Bonchev–Trinajstić information content (AvgIpc) is 2.53. The van der Waals surface area contributed by atoms with E-state index in [4.69, 9.17) is 4.74 Å². The van der Waals surface area contributed by atoms with E-state index in [2.05, 4.69) is 48.6 Å². The lowest BCUT2D eigenvalue weighted by Gasteiger charge is -2.14. The van der Waals surface area contributed by atoms with E-state index in [-0.39, 0.29) is 0 Å². The molecule has 20 heavy (non-hydrogen) atoms. The third kappa shape index (κ3) is 4.39. The van der Waals surface area contributed by atoms with Crippen LogP contribution in [0.2, 0.25) is 0 Å². The van der Waals surface area contributed by atoms with Crippen LogP contribution < -0.4 is 10.1 Å². The Labute approximate surface area is 121 Å². The highest BCUT2D eigenvalue weighted by Crippen LogP contribution is 2.15. The molecule has 0 amide bonds. The molecule has 0 radical (unpaired) electrons. The summed E-state index contributed by atoms with van der Waals surface area (Å²) in [5.74, 6) is 0.926. The van der Waals surface area contributed by atoms with Gasteiger partial charge in [0.1, 0.15) is 12.4 Å². The summed E-state index contributed by atoms with van der Waals surface area (Å²) in [6.07, 6.45) is 2.20. The third-order valence-electron chi connectivity index (χ3n) is 3.55. The Morgan fingerprint density at radius 3 is 2.25 bits per heavy atom. The fraction of sp³-hybridized carbons (Fsp3) is 0.333. The monoisotopic (exact) mass is 269 g/mol. The minimum Gasteiger partial charge on any atom is -0.489 e. The first-order chi connectivity index (χ1) is 9.81. The van der Waals surface area contributed by atoms with Crippen LogP contribution in [0.4, 0.5) is 0 Å². The first kappa shape index (κ1) is 14.6. The van der Waals surface area contributed by atoms with E-state index in [0.717, 1.165) is 18.6 Å². The molecule has 0 heterocycles. The summed E-state index contributed by atoms with van der Waals surface area (Å²) >= 11 is 0. The lowest BCUT2D eigenvalue weighted by atomic mass is 10.0. The van der Waals surface area contributed by atoms with Gasteiger partial charge in [0.05, 0.1) is 0 Å². The molecule has 0 aliphatic carbocycles. The van der Waals surface area contributed by atoms with Crippen molar-refractivity contribution < 1.29 is 4.74 Å². The highest BCUT2D eigenvalue weighted by Gasteiger charge is 2.04. The van der Waals surface area contributed by atoms with Gasteiger partial charge in [-0.2, -0.15) is 0 Å². The molecule has 0 saturated heterocycles. The molecule has 0 unspecified atom stereocenters. The van der Waals surface area contributed by atoms with Crippen LogP contribution in [-0.4, -0.2) is 13.1 Å². The standard InChI is InChI=1S/C18H23NO/c1-3-17(19-2)13-15-9-11-18(12-10-15)20-14-16-7-5-4-6-8-16/h4-12,17,19H,3,13-14H2,1-2H3/t17-/m1/s1. The van der Waals surface area contributed by atoms with Crippen LogP contribution in [0.5, 0.6) is 5.75 Å². The number of nitrogens with one attached hydrogen (secondary N) is 1. The van der Waals surface area contributed by atoms with Crippen LogP contribution in [0.3, 0.4) is 0 Å². The lowest BCUT2D eigenvalue weighted by Crippen LogP contribution is -2.26. The van der Waals surface area contributed by atoms with Gasteiger partial charge < -0.3 is 10.1 Å². The summed E-state index contributed by atoms with van der Waals surface area (Å²) in [6.45, 7) is 2.83. The van der Waals surface area contributed by atoms with Crippen LogP contribution in [0.1, 0.15) is 24.5 Å². The van der Waals surface area contributed by atoms with Gasteiger partial charge in [-0.25, -0.2) is 0 Å². The number of likely N-dealkylation sites (N-methyl/N-ethyl adjacent to an activating group) is 1. The maximum atomic E-state index is 5.79. The Morgan fingerprint density at radius 2 is 1.65 bits per heavy atom. The Kier molecular flexibility index (Phi) is 5.63. The second-order valence-corrected chi connectivity index (χ2v) is 5.02. The van der Waals surface area contributed by atoms with E-state index < -0.39 is 0 Å². The van der Waals surface area contributed by atoms with Crippen molar-refractivity contribution >= 4 is 0 Å². The Morgan fingerprint density at radius 1 is 0.950 bits per heavy atom. The maximum absolute atomic E-state index is 5.79. The minimum atomic E-state index is 0.547. The van der Waals surface area contributed by atoms with Gasteiger partial charge in [-0.15, -0.1) is 0 Å². The molecular formula is C18H23NO. The topological polar surface area (TPSA) is 21.3 Å². The van der Waals surface area contributed by atoms with E-state index in [1.54, 1.807) is 0 Å². The van der Waals surface area contributed by atoms with E-state index in [9.17, 15) is 0 Å². The zero-order valence-electron chi connectivity index (χ0n) is 12.3. The van der Waals surface area contributed by atoms with Gasteiger partial charge >= 0.3 is 0 Å². The summed E-state index contributed by atoms with van der Waals surface area (Å²) in [7, 11) is 2.02. The van der Waals surface area contributed by atoms with Crippen molar-refractivity contribution in [1.82, 2.24) is 5.32 Å². The molecule has 2 rings (SSSR count). The summed E-state index contributed by atoms with van der Waals surface area (Å²) in [6, 6.07) is 19.2. The molecule has 106 valence electrons. The zero-order valence-corrected chi connectivity index (χ0v) is 12.3. The van der Waals surface area contributed by atoms with Gasteiger partial charge in [-0.1, -0.05) is 49.4 Å². The van der Waals surface area contributed by atoms with Gasteiger partial charge in [0.15, 0.2) is 0 Å². The van der Waals surface area contributed by atoms with Crippen molar-refractivity contribution in [1.29, 1.82) is 0 Å². The molecule has 1 N–H and O–H groups in total. The largest absolute Gasteiger partial charge is 0.489 e. The molecule has 0 aromatic heterocycles. The quantitative estimate of drug-likeness (QED) is 0.825. The van der Waals surface area contributed by atoms with Gasteiger partial charge in [0.25, 0.3) is 0 Å². The number of hydrogen-bond acceptors (Lipinski definition) is 2. The van der Waals surface area contributed by atoms with Crippen molar-refractivity contribution in [2.75, 3.05) is 7.05 Å². The molecule has 0 saturated carbocycles. The molecule has 0 aliphatic heterocycles. The van der Waals surface area contributed by atoms with Crippen molar-refractivity contribution in [3.8, 4) is 5.75 Å². The third-order valence-corrected chi connectivity index (χ3v) is 3.55. The smallest absolute Gasteiger partial charge is 0.119 e. The highest BCUT2D eigenvalue weighted by molar-refractivity contribution is 5.28. The van der Waals surface area contributed by atoms with Crippen molar-refractivity contribution in [2.24, 2.45) is 0 Å². The molecule has 2 nitrogen and oxygen atoms in total. The highest BCUT2D eigenvalue weighted by atomic mass is 16.5. The zero-order chi connectivity index (χ0) is 14.2. The van der Waals surface area contributed by atoms with Gasteiger partial charge in [-0.3, -0.25) is 0 Å². The first-order valence-corrected chi connectivity index (χ1v) is 7.24. The van der Waals surface area contributed by atoms with E-state index in [0.29, 0.717) is 12.6 Å². The molecule has 2 heteroatoms. The van der Waals surface area contributed by atoms with E-state index in [1.807, 2.05) is 25.2 Å². The van der Waals surface area contributed by atoms with Crippen LogP contribution in [-0.2, 0) is 13.0 Å². The lowest BCUT2D eigenvalue weighted by molar-refractivity contribution is 0.306. The molecule has 2 aromatic carbocycles. The van der Waals surface area contributed by atoms with Gasteiger partial charge in [-0.05, 0) is 43.1 Å². The number of rotatable bonds is 7. The first-order valence-electron chi connectivity index (χ1n) is 7.24. The summed E-state index contributed by atoms with van der Waals surface area (Å²) < 4.78 is 5.79. The van der Waals surface area contributed by atoms with Crippen LogP contribution >= 0.6 is 0 Å². The Hall–Kier alpha value is -1.80. The fourth-order valence-electron chi connectivity index (χ4n) is 2.20. The molecule has 2 aromatic rings.